The Morgan fingerprint density at radius 1 is 0.833 bits per heavy atom. The first-order valence-corrected chi connectivity index (χ1v) is 8.18. The highest BCUT2D eigenvalue weighted by Crippen LogP contribution is 2.29. The molecule has 0 bridgehead atoms. The molecule has 0 aromatic heterocycles. The van der Waals surface area contributed by atoms with Crippen molar-refractivity contribution in [2.75, 3.05) is 0 Å². The van der Waals surface area contributed by atoms with Crippen LogP contribution in [0.15, 0.2) is 0 Å². The van der Waals surface area contributed by atoms with Gasteiger partial charge in [0.05, 0.1) is 17.5 Å². The first kappa shape index (κ1) is 14.0. The molecule has 0 aliphatic heterocycles. The van der Waals surface area contributed by atoms with Crippen molar-refractivity contribution in [2.24, 2.45) is 5.92 Å². The largest absolute Gasteiger partial charge is 0.375 e. The van der Waals surface area contributed by atoms with Crippen LogP contribution in [-0.4, -0.2) is 32.2 Å². The molecule has 2 rings (SSSR count). The lowest BCUT2D eigenvalue weighted by Gasteiger charge is -2.32. The number of ether oxygens (including phenoxy) is 1. The maximum absolute atomic E-state index is 10.9. The van der Waals surface area contributed by atoms with E-state index in [1.807, 2.05) is 0 Å². The van der Waals surface area contributed by atoms with Crippen molar-refractivity contribution in [1.29, 1.82) is 0 Å². The van der Waals surface area contributed by atoms with Crippen LogP contribution in [0.4, 0.5) is 0 Å². The van der Waals surface area contributed by atoms with Crippen LogP contribution in [0.3, 0.4) is 0 Å². The van der Waals surface area contributed by atoms with Gasteiger partial charge in [0.25, 0.3) is 0 Å². The highest BCUT2D eigenvalue weighted by molar-refractivity contribution is 7.73. The zero-order valence-corrected chi connectivity index (χ0v) is 11.5. The summed E-state index contributed by atoms with van der Waals surface area (Å²) in [4.78, 5) is 10.7. The van der Waals surface area contributed by atoms with E-state index in [-0.39, 0.29) is 23.4 Å². The van der Waals surface area contributed by atoms with E-state index in [2.05, 4.69) is 0 Å². The summed E-state index contributed by atoms with van der Waals surface area (Å²) in [6.07, 6.45) is 8.61. The topological polar surface area (TPSA) is 60.4 Å². The van der Waals surface area contributed by atoms with Gasteiger partial charge >= 0.3 is 0 Å². The van der Waals surface area contributed by atoms with E-state index in [0.717, 1.165) is 57.7 Å². The van der Waals surface area contributed by atoms with Crippen molar-refractivity contribution in [3.8, 4) is 0 Å². The van der Waals surface area contributed by atoms with Gasteiger partial charge in [-0.15, -0.1) is 0 Å². The quantitative estimate of drug-likeness (QED) is 0.626. The summed E-state index contributed by atoms with van der Waals surface area (Å²) in [6, 6.07) is 0. The molecule has 0 aromatic carbocycles. The fraction of sp³-hybridized carbons (Fsp3) is 0.923. The van der Waals surface area contributed by atoms with Gasteiger partial charge in [0, 0.05) is 5.92 Å². The number of carbonyl (C=O) groups is 1. The van der Waals surface area contributed by atoms with Crippen LogP contribution in [0.5, 0.6) is 0 Å². The predicted octanol–water partition coefficient (Wildman–Crippen LogP) is 1.68. The molecule has 2 saturated carbocycles. The van der Waals surface area contributed by atoms with Crippen LogP contribution in [0.2, 0.25) is 0 Å². The third kappa shape index (κ3) is 3.79. The molecule has 5 heteroatoms. The second kappa shape index (κ2) is 6.66. The molecule has 0 spiro atoms. The van der Waals surface area contributed by atoms with Gasteiger partial charge in [-0.25, -0.2) is 8.42 Å². The fourth-order valence-electron chi connectivity index (χ4n) is 3.03. The van der Waals surface area contributed by atoms with Gasteiger partial charge in [0.2, 0.25) is 0 Å². The van der Waals surface area contributed by atoms with E-state index in [1.54, 1.807) is 0 Å². The second-order valence-electron chi connectivity index (χ2n) is 5.52. The Morgan fingerprint density at radius 2 is 1.33 bits per heavy atom. The third-order valence-electron chi connectivity index (χ3n) is 4.24. The Morgan fingerprint density at radius 3 is 1.78 bits per heavy atom. The number of aldehydes is 1. The summed E-state index contributed by atoms with van der Waals surface area (Å²) in [5.41, 5.74) is 0. The molecular formula is C13H22O4S. The highest BCUT2D eigenvalue weighted by Gasteiger charge is 2.27. The van der Waals surface area contributed by atoms with Gasteiger partial charge in [0.15, 0.2) is 0 Å². The van der Waals surface area contributed by atoms with Crippen LogP contribution < -0.4 is 0 Å². The van der Waals surface area contributed by atoms with Gasteiger partial charge in [-0.2, -0.15) is 0 Å². The standard InChI is InChI=1S/C13H22O4S/c14-9-10-1-3-11(4-2-10)17-12-5-7-13(8-6-12)18(15)16/h9-13,18H,1-8H2. The van der Waals surface area contributed by atoms with Gasteiger partial charge in [-0.05, 0) is 51.4 Å². The molecule has 2 fully saturated rings. The Balaban J connectivity index is 1.70. The van der Waals surface area contributed by atoms with E-state index in [1.165, 1.54) is 0 Å². The molecule has 2 aliphatic carbocycles. The number of hydrogen-bond acceptors (Lipinski definition) is 4. The van der Waals surface area contributed by atoms with Gasteiger partial charge in [-0.1, -0.05) is 0 Å². The summed E-state index contributed by atoms with van der Waals surface area (Å²) in [7, 11) is -2.26. The lowest BCUT2D eigenvalue weighted by Crippen LogP contribution is -2.31. The van der Waals surface area contributed by atoms with Crippen LogP contribution in [0.25, 0.3) is 0 Å². The molecule has 2 aliphatic rings. The van der Waals surface area contributed by atoms with Crippen molar-refractivity contribution in [3.05, 3.63) is 0 Å². The third-order valence-corrected chi connectivity index (χ3v) is 5.35. The van der Waals surface area contributed by atoms with Crippen molar-refractivity contribution in [2.45, 2.75) is 68.8 Å². The molecule has 18 heavy (non-hydrogen) atoms. The van der Waals surface area contributed by atoms with Gasteiger partial charge < -0.3 is 9.53 Å². The second-order valence-corrected chi connectivity index (χ2v) is 6.83. The molecule has 4 nitrogen and oxygen atoms in total. The zero-order chi connectivity index (χ0) is 13.0. The van der Waals surface area contributed by atoms with Crippen molar-refractivity contribution < 1.29 is 17.9 Å². The summed E-state index contributed by atoms with van der Waals surface area (Å²) in [5.74, 6) is 0.227. The molecule has 0 aromatic rings. The lowest BCUT2D eigenvalue weighted by molar-refractivity contribution is -0.113. The molecule has 0 saturated heterocycles. The smallest absolute Gasteiger partial charge is 0.143 e. The molecule has 0 amide bonds. The molecule has 0 radical (unpaired) electrons. The maximum atomic E-state index is 10.9. The highest BCUT2D eigenvalue weighted by atomic mass is 32.2. The number of carbonyl (C=O) groups excluding carboxylic acids is 1. The molecule has 0 unspecified atom stereocenters. The van der Waals surface area contributed by atoms with E-state index in [4.69, 9.17) is 4.74 Å². The Hall–Kier alpha value is -0.420. The fourth-order valence-corrected chi connectivity index (χ4v) is 3.74. The number of hydrogen-bond donors (Lipinski definition) is 1. The Labute approximate surface area is 110 Å². The number of rotatable bonds is 4. The van der Waals surface area contributed by atoms with Crippen molar-refractivity contribution >= 4 is 17.0 Å². The van der Waals surface area contributed by atoms with Gasteiger partial charge in [-0.3, -0.25) is 0 Å². The monoisotopic (exact) mass is 274 g/mol. The van der Waals surface area contributed by atoms with Crippen molar-refractivity contribution in [3.63, 3.8) is 0 Å². The van der Waals surface area contributed by atoms with Crippen LogP contribution in [0, 0.1) is 5.92 Å². The predicted molar refractivity (Wildman–Crippen MR) is 69.3 cm³/mol. The molecule has 0 atom stereocenters. The summed E-state index contributed by atoms with van der Waals surface area (Å²) in [5, 5.41) is -0.134. The van der Waals surface area contributed by atoms with E-state index < -0.39 is 10.7 Å². The molecule has 104 valence electrons. The lowest BCUT2D eigenvalue weighted by atomic mass is 9.88. The maximum Gasteiger partial charge on any atom is 0.143 e. The molecular weight excluding hydrogens is 252 g/mol. The first-order chi connectivity index (χ1) is 8.69. The van der Waals surface area contributed by atoms with Crippen molar-refractivity contribution in [1.82, 2.24) is 0 Å². The average Bonchev–Trinajstić information content (AvgIpc) is 2.40. The average molecular weight is 274 g/mol. The molecule has 0 heterocycles. The minimum Gasteiger partial charge on any atom is -0.375 e. The normalized spacial score (nSPS) is 37.6. The summed E-state index contributed by atoms with van der Waals surface area (Å²) in [6.45, 7) is 0. The minimum atomic E-state index is -2.26. The first-order valence-electron chi connectivity index (χ1n) is 6.93. The number of thiol groups is 1. The van der Waals surface area contributed by atoms with E-state index >= 15 is 0 Å². The summed E-state index contributed by atoms with van der Waals surface area (Å²) < 4.78 is 27.8. The zero-order valence-electron chi connectivity index (χ0n) is 10.6. The van der Waals surface area contributed by atoms with Crippen LogP contribution in [-0.2, 0) is 20.2 Å². The summed E-state index contributed by atoms with van der Waals surface area (Å²) >= 11 is 0. The SMILES string of the molecule is O=CC1CCC(OC2CCC([SH](=O)=O)CC2)CC1. The van der Waals surface area contributed by atoms with Crippen LogP contribution >= 0.6 is 0 Å². The van der Waals surface area contributed by atoms with E-state index in [0.29, 0.717) is 0 Å². The van der Waals surface area contributed by atoms with E-state index in [9.17, 15) is 13.2 Å². The molecule has 0 N–H and O–H groups in total. The Bertz CT molecular complexity index is 329. The minimum absolute atomic E-state index is 0.134. The van der Waals surface area contributed by atoms with Gasteiger partial charge in [0.1, 0.15) is 17.0 Å². The Kier molecular flexibility index (Phi) is 5.18. The van der Waals surface area contributed by atoms with Crippen LogP contribution in [0.1, 0.15) is 51.4 Å².